The van der Waals surface area contributed by atoms with Gasteiger partial charge in [0.2, 0.25) is 0 Å². The lowest BCUT2D eigenvalue weighted by molar-refractivity contribution is 0.0199. The maximum absolute atomic E-state index is 7.45. The number of methoxy groups -OCH3 is 1. The van der Waals surface area contributed by atoms with Gasteiger partial charge in [-0.2, -0.15) is 0 Å². The van der Waals surface area contributed by atoms with Gasteiger partial charge in [-0.1, -0.05) is 24.3 Å². The van der Waals surface area contributed by atoms with E-state index in [2.05, 4.69) is 0 Å². The van der Waals surface area contributed by atoms with Crippen molar-refractivity contribution in [1.29, 1.82) is 5.41 Å². The average Bonchev–Trinajstić information content (AvgIpc) is 2.38. The minimum atomic E-state index is 0.0607. The van der Waals surface area contributed by atoms with Gasteiger partial charge in [0.25, 0.3) is 0 Å². The number of hydrogen-bond donors (Lipinski definition) is 2. The molecule has 0 aromatic heterocycles. The number of nitrogens with two attached hydrogens (primary N) is 1. The fourth-order valence-corrected chi connectivity index (χ4v) is 1.45. The van der Waals surface area contributed by atoms with Crippen LogP contribution < -0.4 is 5.73 Å². The first-order valence-electron chi connectivity index (χ1n) is 5.82. The van der Waals surface area contributed by atoms with Crippen LogP contribution in [-0.4, -0.2) is 39.4 Å². The van der Waals surface area contributed by atoms with Crippen LogP contribution in [0.4, 0.5) is 0 Å². The van der Waals surface area contributed by atoms with Crippen LogP contribution in [0.15, 0.2) is 24.3 Å². The first-order chi connectivity index (χ1) is 8.75. The van der Waals surface area contributed by atoms with E-state index in [1.165, 1.54) is 0 Å². The Balaban J connectivity index is 2.25. The Morgan fingerprint density at radius 3 is 2.50 bits per heavy atom. The average molecular weight is 252 g/mol. The second kappa shape index (κ2) is 8.63. The van der Waals surface area contributed by atoms with Gasteiger partial charge >= 0.3 is 0 Å². The minimum absolute atomic E-state index is 0.0607. The van der Waals surface area contributed by atoms with Gasteiger partial charge in [0, 0.05) is 12.7 Å². The summed E-state index contributed by atoms with van der Waals surface area (Å²) in [6.45, 7) is 2.64. The maximum atomic E-state index is 7.45. The first-order valence-corrected chi connectivity index (χ1v) is 5.82. The van der Waals surface area contributed by atoms with Gasteiger partial charge in [0.1, 0.15) is 5.84 Å². The molecule has 0 unspecified atom stereocenters. The van der Waals surface area contributed by atoms with Gasteiger partial charge in [-0.3, -0.25) is 5.41 Å². The SMILES string of the molecule is COCCOCCOCc1ccccc1C(=N)N. The Morgan fingerprint density at radius 2 is 1.78 bits per heavy atom. The number of nitrogens with one attached hydrogen (secondary N) is 1. The van der Waals surface area contributed by atoms with Gasteiger partial charge in [-0.15, -0.1) is 0 Å². The van der Waals surface area contributed by atoms with E-state index in [0.717, 1.165) is 11.1 Å². The Kier molecular flexibility index (Phi) is 7.01. The molecule has 1 aromatic rings. The van der Waals surface area contributed by atoms with Gasteiger partial charge in [-0.25, -0.2) is 0 Å². The highest BCUT2D eigenvalue weighted by Crippen LogP contribution is 2.09. The number of benzene rings is 1. The summed E-state index contributed by atoms with van der Waals surface area (Å²) in [7, 11) is 1.64. The predicted molar refractivity (Wildman–Crippen MR) is 69.8 cm³/mol. The van der Waals surface area contributed by atoms with Gasteiger partial charge in [-0.05, 0) is 5.56 Å². The fraction of sp³-hybridized carbons (Fsp3) is 0.462. The lowest BCUT2D eigenvalue weighted by Crippen LogP contribution is -2.15. The summed E-state index contributed by atoms with van der Waals surface area (Å²) in [6, 6.07) is 7.48. The topological polar surface area (TPSA) is 77.6 Å². The van der Waals surface area contributed by atoms with Crippen molar-refractivity contribution in [3.8, 4) is 0 Å². The molecule has 5 nitrogen and oxygen atoms in total. The zero-order valence-electron chi connectivity index (χ0n) is 10.6. The molecule has 0 radical (unpaired) electrons. The molecule has 0 saturated heterocycles. The molecule has 100 valence electrons. The third-order valence-electron chi connectivity index (χ3n) is 2.37. The maximum Gasteiger partial charge on any atom is 0.123 e. The molecular weight excluding hydrogens is 232 g/mol. The zero-order valence-corrected chi connectivity index (χ0v) is 10.6. The van der Waals surface area contributed by atoms with Gasteiger partial charge in [0.05, 0.1) is 33.0 Å². The van der Waals surface area contributed by atoms with Crippen LogP contribution in [-0.2, 0) is 20.8 Å². The third kappa shape index (κ3) is 5.27. The number of amidine groups is 1. The molecule has 0 spiro atoms. The van der Waals surface area contributed by atoms with E-state index in [9.17, 15) is 0 Å². The van der Waals surface area contributed by atoms with E-state index in [0.29, 0.717) is 33.0 Å². The van der Waals surface area contributed by atoms with Crippen molar-refractivity contribution in [3.63, 3.8) is 0 Å². The van der Waals surface area contributed by atoms with Crippen LogP contribution in [0.3, 0.4) is 0 Å². The molecule has 18 heavy (non-hydrogen) atoms. The number of nitrogen functional groups attached to an aromatic ring is 1. The molecule has 5 heteroatoms. The van der Waals surface area contributed by atoms with Crippen molar-refractivity contribution >= 4 is 5.84 Å². The highest BCUT2D eigenvalue weighted by atomic mass is 16.5. The lowest BCUT2D eigenvalue weighted by atomic mass is 10.1. The highest BCUT2D eigenvalue weighted by molar-refractivity contribution is 5.96. The molecule has 0 heterocycles. The molecule has 0 amide bonds. The fourth-order valence-electron chi connectivity index (χ4n) is 1.45. The van der Waals surface area contributed by atoms with E-state index in [-0.39, 0.29) is 5.84 Å². The molecule has 0 aliphatic rings. The minimum Gasteiger partial charge on any atom is -0.384 e. The predicted octanol–water partition coefficient (Wildman–Crippen LogP) is 1.15. The lowest BCUT2D eigenvalue weighted by Gasteiger charge is -2.09. The molecule has 0 bridgehead atoms. The van der Waals surface area contributed by atoms with Crippen molar-refractivity contribution in [2.24, 2.45) is 5.73 Å². The number of hydrogen-bond acceptors (Lipinski definition) is 4. The Morgan fingerprint density at radius 1 is 1.11 bits per heavy atom. The van der Waals surface area contributed by atoms with Crippen LogP contribution >= 0.6 is 0 Å². The van der Waals surface area contributed by atoms with Crippen LogP contribution in [0.1, 0.15) is 11.1 Å². The standard InChI is InChI=1S/C13H20N2O3/c1-16-6-7-17-8-9-18-10-11-4-2-3-5-12(11)13(14)15/h2-5H,6-10H2,1H3,(H3,14,15). The third-order valence-corrected chi connectivity index (χ3v) is 2.37. The summed E-state index contributed by atoms with van der Waals surface area (Å²) in [5, 5.41) is 7.45. The van der Waals surface area contributed by atoms with Gasteiger partial charge < -0.3 is 19.9 Å². The van der Waals surface area contributed by atoms with Gasteiger partial charge in [0.15, 0.2) is 0 Å². The smallest absolute Gasteiger partial charge is 0.123 e. The van der Waals surface area contributed by atoms with E-state index < -0.39 is 0 Å². The Bertz CT molecular complexity index is 369. The molecule has 0 saturated carbocycles. The quantitative estimate of drug-likeness (QED) is 0.392. The second-order valence-corrected chi connectivity index (χ2v) is 3.73. The Hall–Kier alpha value is -1.43. The first kappa shape index (κ1) is 14.6. The molecule has 0 atom stereocenters. The van der Waals surface area contributed by atoms with Crippen LogP contribution in [0.2, 0.25) is 0 Å². The van der Waals surface area contributed by atoms with Crippen molar-refractivity contribution in [2.75, 3.05) is 33.5 Å². The summed E-state index contributed by atoms with van der Waals surface area (Å²) < 4.78 is 15.6. The highest BCUT2D eigenvalue weighted by Gasteiger charge is 2.03. The summed E-state index contributed by atoms with van der Waals surface area (Å²) in [4.78, 5) is 0. The van der Waals surface area contributed by atoms with Crippen LogP contribution in [0.25, 0.3) is 0 Å². The van der Waals surface area contributed by atoms with Crippen molar-refractivity contribution in [1.82, 2.24) is 0 Å². The Labute approximate surface area is 107 Å². The molecule has 0 aliphatic carbocycles. The van der Waals surface area contributed by atoms with E-state index in [1.54, 1.807) is 7.11 Å². The summed E-state index contributed by atoms with van der Waals surface area (Å²) >= 11 is 0. The number of rotatable bonds is 9. The molecule has 1 aromatic carbocycles. The van der Waals surface area contributed by atoms with Crippen LogP contribution in [0.5, 0.6) is 0 Å². The van der Waals surface area contributed by atoms with E-state index in [1.807, 2.05) is 24.3 Å². The summed E-state index contributed by atoms with van der Waals surface area (Å²) in [5.74, 6) is 0.0607. The molecule has 1 rings (SSSR count). The normalized spacial score (nSPS) is 10.5. The molecule has 0 aliphatic heterocycles. The van der Waals surface area contributed by atoms with Crippen LogP contribution in [0, 0.1) is 5.41 Å². The largest absolute Gasteiger partial charge is 0.384 e. The van der Waals surface area contributed by atoms with E-state index in [4.69, 9.17) is 25.4 Å². The zero-order chi connectivity index (χ0) is 13.2. The monoisotopic (exact) mass is 252 g/mol. The number of ether oxygens (including phenoxy) is 3. The van der Waals surface area contributed by atoms with Crippen molar-refractivity contribution < 1.29 is 14.2 Å². The molecule has 0 fully saturated rings. The molecular formula is C13H20N2O3. The van der Waals surface area contributed by atoms with E-state index >= 15 is 0 Å². The molecule has 3 N–H and O–H groups in total. The van der Waals surface area contributed by atoms with Crippen molar-refractivity contribution in [2.45, 2.75) is 6.61 Å². The second-order valence-electron chi connectivity index (χ2n) is 3.73. The van der Waals surface area contributed by atoms with Crippen molar-refractivity contribution in [3.05, 3.63) is 35.4 Å². The summed E-state index contributed by atoms with van der Waals surface area (Å²) in [5.41, 5.74) is 7.13. The summed E-state index contributed by atoms with van der Waals surface area (Å²) in [6.07, 6.45) is 0.